The van der Waals surface area contributed by atoms with Gasteiger partial charge in [-0.2, -0.15) is 13.2 Å². The summed E-state index contributed by atoms with van der Waals surface area (Å²) in [6, 6.07) is 0. The van der Waals surface area contributed by atoms with Gasteiger partial charge >= 0.3 is 12.1 Å². The Balaban J connectivity index is 2.70. The first-order valence-corrected chi connectivity index (χ1v) is 5.77. The lowest BCUT2D eigenvalue weighted by Gasteiger charge is -2.18. The van der Waals surface area contributed by atoms with Gasteiger partial charge in [-0.3, -0.25) is 4.79 Å². The van der Waals surface area contributed by atoms with E-state index in [1.165, 1.54) is 12.0 Å². The van der Waals surface area contributed by atoms with E-state index in [4.69, 9.17) is 0 Å². The van der Waals surface area contributed by atoms with Gasteiger partial charge in [0.15, 0.2) is 0 Å². The summed E-state index contributed by atoms with van der Waals surface area (Å²) >= 11 is 0.436. The van der Waals surface area contributed by atoms with Crippen LogP contribution in [0.15, 0.2) is 0 Å². The second kappa shape index (κ2) is 5.51. The number of ether oxygens (including phenoxy) is 1. The second-order valence-electron chi connectivity index (χ2n) is 3.69. The number of halogens is 3. The number of alkyl halides is 3. The quantitative estimate of drug-likeness (QED) is 0.789. The molecule has 0 radical (unpaired) electrons. The van der Waals surface area contributed by atoms with Crippen LogP contribution in [0.3, 0.4) is 0 Å². The first kappa shape index (κ1) is 14.7. The highest BCUT2D eigenvalue weighted by Crippen LogP contribution is 2.34. The molecule has 1 heterocycles. The number of anilines is 1. The Morgan fingerprint density at radius 3 is 2.56 bits per heavy atom. The molecule has 1 atom stereocenters. The van der Waals surface area contributed by atoms with Gasteiger partial charge in [0.1, 0.15) is 0 Å². The van der Waals surface area contributed by atoms with Crippen LogP contribution in [-0.2, 0) is 15.7 Å². The van der Waals surface area contributed by atoms with Crippen molar-refractivity contribution in [3.63, 3.8) is 0 Å². The van der Waals surface area contributed by atoms with Gasteiger partial charge in [-0.1, -0.05) is 18.3 Å². The van der Waals surface area contributed by atoms with E-state index in [0.29, 0.717) is 11.3 Å². The summed E-state index contributed by atoms with van der Waals surface area (Å²) in [7, 11) is 2.80. The van der Waals surface area contributed by atoms with E-state index in [1.807, 2.05) is 0 Å². The number of nitrogens with zero attached hydrogens (tertiary/aromatic N) is 3. The van der Waals surface area contributed by atoms with E-state index < -0.39 is 23.1 Å². The lowest BCUT2D eigenvalue weighted by molar-refractivity contribution is -0.144. The number of carbonyl (C=O) groups is 1. The Morgan fingerprint density at radius 2 is 2.11 bits per heavy atom. The SMILES string of the molecule is COC(=O)C(C)CN(C)c1nnc(C(F)(F)F)s1. The minimum Gasteiger partial charge on any atom is -0.469 e. The number of hydrogen-bond donors (Lipinski definition) is 0. The molecule has 0 fully saturated rings. The molecule has 0 N–H and O–H groups in total. The van der Waals surface area contributed by atoms with Crippen LogP contribution in [-0.4, -0.2) is 36.9 Å². The molecule has 9 heteroatoms. The van der Waals surface area contributed by atoms with Gasteiger partial charge in [-0.25, -0.2) is 0 Å². The Labute approximate surface area is 106 Å². The van der Waals surface area contributed by atoms with E-state index in [0.717, 1.165) is 0 Å². The van der Waals surface area contributed by atoms with Gasteiger partial charge in [0.25, 0.3) is 0 Å². The number of rotatable bonds is 4. The van der Waals surface area contributed by atoms with E-state index >= 15 is 0 Å². The minimum absolute atomic E-state index is 0.109. The fraction of sp³-hybridized carbons (Fsp3) is 0.667. The second-order valence-corrected chi connectivity index (χ2v) is 4.65. The summed E-state index contributed by atoms with van der Waals surface area (Å²) in [4.78, 5) is 12.6. The zero-order valence-corrected chi connectivity index (χ0v) is 10.8. The molecule has 0 saturated carbocycles. The van der Waals surface area contributed by atoms with Crippen LogP contribution in [0.25, 0.3) is 0 Å². The standard InChI is InChI=1S/C9H12F3N3O2S/c1-5(6(16)17-3)4-15(2)8-14-13-7(18-8)9(10,11)12/h5H,4H2,1-3H3. The summed E-state index contributed by atoms with van der Waals surface area (Å²) in [6.45, 7) is 1.83. The Hall–Kier alpha value is -1.38. The highest BCUT2D eigenvalue weighted by molar-refractivity contribution is 7.15. The summed E-state index contributed by atoms with van der Waals surface area (Å²) in [5.41, 5.74) is 0. The predicted octanol–water partition coefficient (Wildman–Crippen LogP) is 1.80. The maximum Gasteiger partial charge on any atom is 0.445 e. The van der Waals surface area contributed by atoms with Crippen molar-refractivity contribution >= 4 is 22.4 Å². The molecule has 102 valence electrons. The van der Waals surface area contributed by atoms with Crippen molar-refractivity contribution < 1.29 is 22.7 Å². The smallest absolute Gasteiger partial charge is 0.445 e. The van der Waals surface area contributed by atoms with E-state index in [2.05, 4.69) is 14.9 Å². The van der Waals surface area contributed by atoms with Crippen LogP contribution in [0.2, 0.25) is 0 Å². The number of aromatic nitrogens is 2. The Bertz CT molecular complexity index is 421. The normalized spacial score (nSPS) is 13.2. The van der Waals surface area contributed by atoms with Crippen LogP contribution >= 0.6 is 11.3 Å². The maximum atomic E-state index is 12.3. The molecule has 5 nitrogen and oxygen atoms in total. The average Bonchev–Trinajstić information content (AvgIpc) is 2.76. The van der Waals surface area contributed by atoms with E-state index in [1.54, 1.807) is 14.0 Å². The number of hydrogen-bond acceptors (Lipinski definition) is 6. The average molecular weight is 283 g/mol. The summed E-state index contributed by atoms with van der Waals surface area (Å²) in [6.07, 6.45) is -4.50. The van der Waals surface area contributed by atoms with Crippen LogP contribution in [0.1, 0.15) is 11.9 Å². The zero-order chi connectivity index (χ0) is 13.9. The molecule has 18 heavy (non-hydrogen) atoms. The van der Waals surface area contributed by atoms with Crippen LogP contribution in [0, 0.1) is 5.92 Å². The summed E-state index contributed by atoms with van der Waals surface area (Å²) < 4.78 is 41.5. The van der Waals surface area contributed by atoms with Gasteiger partial charge in [0.05, 0.1) is 13.0 Å². The van der Waals surface area contributed by atoms with Crippen molar-refractivity contribution in [2.45, 2.75) is 13.1 Å². The molecule has 0 aliphatic rings. The van der Waals surface area contributed by atoms with Gasteiger partial charge in [-0.15, -0.1) is 10.2 Å². The fourth-order valence-corrected chi connectivity index (χ4v) is 1.93. The van der Waals surface area contributed by atoms with E-state index in [-0.39, 0.29) is 11.7 Å². The third-order valence-electron chi connectivity index (χ3n) is 2.13. The zero-order valence-electron chi connectivity index (χ0n) is 9.98. The minimum atomic E-state index is -4.50. The molecule has 0 amide bonds. The number of methoxy groups -OCH3 is 1. The third-order valence-corrected chi connectivity index (χ3v) is 3.22. The van der Waals surface area contributed by atoms with Crippen LogP contribution in [0.5, 0.6) is 0 Å². The third kappa shape index (κ3) is 3.56. The largest absolute Gasteiger partial charge is 0.469 e. The monoisotopic (exact) mass is 283 g/mol. The first-order valence-electron chi connectivity index (χ1n) is 4.95. The van der Waals surface area contributed by atoms with E-state index in [9.17, 15) is 18.0 Å². The van der Waals surface area contributed by atoms with Crippen molar-refractivity contribution in [3.05, 3.63) is 5.01 Å². The molecule has 1 aromatic heterocycles. The van der Waals surface area contributed by atoms with Gasteiger partial charge < -0.3 is 9.64 Å². The molecule has 0 saturated heterocycles. The topological polar surface area (TPSA) is 55.3 Å². The molecular formula is C9H12F3N3O2S. The molecule has 1 unspecified atom stereocenters. The highest BCUT2D eigenvalue weighted by atomic mass is 32.1. The molecule has 0 aliphatic heterocycles. The van der Waals surface area contributed by atoms with Crippen LogP contribution in [0.4, 0.5) is 18.3 Å². The fourth-order valence-electron chi connectivity index (χ4n) is 1.25. The van der Waals surface area contributed by atoms with Gasteiger partial charge in [0, 0.05) is 13.6 Å². The maximum absolute atomic E-state index is 12.3. The lowest BCUT2D eigenvalue weighted by atomic mass is 10.2. The molecule has 0 aromatic carbocycles. The highest BCUT2D eigenvalue weighted by Gasteiger charge is 2.36. The number of carbonyl (C=O) groups excluding carboxylic acids is 1. The van der Waals surface area contributed by atoms with Gasteiger partial charge in [-0.05, 0) is 0 Å². The lowest BCUT2D eigenvalue weighted by Crippen LogP contribution is -2.29. The Kier molecular flexibility index (Phi) is 4.49. The molecule has 0 spiro atoms. The van der Waals surface area contributed by atoms with Crippen molar-refractivity contribution in [1.29, 1.82) is 0 Å². The molecular weight excluding hydrogens is 271 g/mol. The van der Waals surface area contributed by atoms with Crippen molar-refractivity contribution in [1.82, 2.24) is 10.2 Å². The molecule has 1 rings (SSSR count). The molecule has 0 aliphatic carbocycles. The first-order chi connectivity index (χ1) is 8.25. The summed E-state index contributed by atoms with van der Waals surface area (Å²) in [5, 5.41) is 5.61. The van der Waals surface area contributed by atoms with Crippen molar-refractivity contribution in [2.75, 3.05) is 25.6 Å². The molecule has 1 aromatic rings. The van der Waals surface area contributed by atoms with Crippen LogP contribution < -0.4 is 4.90 Å². The predicted molar refractivity (Wildman–Crippen MR) is 59.4 cm³/mol. The van der Waals surface area contributed by atoms with Gasteiger partial charge in [0.2, 0.25) is 10.1 Å². The van der Waals surface area contributed by atoms with Crippen molar-refractivity contribution in [3.8, 4) is 0 Å². The molecule has 0 bridgehead atoms. The summed E-state index contributed by atoms with van der Waals surface area (Å²) in [5.74, 6) is -0.888. The Morgan fingerprint density at radius 1 is 1.50 bits per heavy atom. The van der Waals surface area contributed by atoms with Crippen molar-refractivity contribution in [2.24, 2.45) is 5.92 Å². The number of esters is 1.